The minimum atomic E-state index is -0.192. The number of likely N-dealkylation sites (N-methyl/N-ethyl adjacent to an activating group) is 1. The summed E-state index contributed by atoms with van der Waals surface area (Å²) in [5, 5.41) is 4.32. The van der Waals surface area contributed by atoms with Crippen LogP contribution < -0.4 is 5.32 Å². The Morgan fingerprint density at radius 2 is 1.95 bits per heavy atom. The van der Waals surface area contributed by atoms with E-state index in [0.717, 1.165) is 37.6 Å². The molecule has 2 rings (SSSR count). The Labute approximate surface area is 120 Å². The van der Waals surface area contributed by atoms with Crippen LogP contribution in [0.3, 0.4) is 0 Å². The fraction of sp³-hybridized carbons (Fsp3) is 0.600. The van der Waals surface area contributed by atoms with Gasteiger partial charge in [0, 0.05) is 38.2 Å². The number of benzene rings is 1. The van der Waals surface area contributed by atoms with Crippen molar-refractivity contribution in [3.05, 3.63) is 34.9 Å². The average Bonchev–Trinajstić information content (AvgIpc) is 2.47. The molecule has 0 aromatic heterocycles. The maximum Gasteiger partial charge on any atom is 0.0916 e. The van der Waals surface area contributed by atoms with Gasteiger partial charge in [0.25, 0.3) is 0 Å². The second-order valence-corrected chi connectivity index (χ2v) is 5.36. The standard InChI is InChI=1S/C15H22ClNO2/c1-3-17-14(12-4-6-13(16)7-5-12)15(18-2)8-10-19-11-9-15/h4-7,14,17H,3,8-11H2,1-2H3. The topological polar surface area (TPSA) is 30.5 Å². The molecule has 1 aromatic rings. The van der Waals surface area contributed by atoms with E-state index in [1.807, 2.05) is 12.1 Å². The van der Waals surface area contributed by atoms with Crippen molar-refractivity contribution in [3.8, 4) is 0 Å². The highest BCUT2D eigenvalue weighted by molar-refractivity contribution is 6.30. The largest absolute Gasteiger partial charge is 0.381 e. The van der Waals surface area contributed by atoms with Gasteiger partial charge < -0.3 is 14.8 Å². The van der Waals surface area contributed by atoms with Gasteiger partial charge in [0.1, 0.15) is 0 Å². The zero-order valence-corrected chi connectivity index (χ0v) is 12.4. The average molecular weight is 284 g/mol. The van der Waals surface area contributed by atoms with Crippen LogP contribution in [0.4, 0.5) is 0 Å². The van der Waals surface area contributed by atoms with E-state index >= 15 is 0 Å². The number of rotatable bonds is 5. The Hall–Kier alpha value is -0.610. The summed E-state index contributed by atoms with van der Waals surface area (Å²) >= 11 is 5.98. The van der Waals surface area contributed by atoms with E-state index in [9.17, 15) is 0 Å². The lowest BCUT2D eigenvalue weighted by Gasteiger charge is -2.43. The molecule has 0 spiro atoms. The molecule has 1 aromatic carbocycles. The maximum absolute atomic E-state index is 5.98. The number of hydrogen-bond donors (Lipinski definition) is 1. The molecule has 1 heterocycles. The summed E-state index contributed by atoms with van der Waals surface area (Å²) in [7, 11) is 1.80. The molecule has 1 saturated heterocycles. The number of ether oxygens (including phenoxy) is 2. The number of hydrogen-bond acceptors (Lipinski definition) is 3. The Balaban J connectivity index is 2.29. The van der Waals surface area contributed by atoms with Crippen LogP contribution in [-0.4, -0.2) is 32.5 Å². The first kappa shape index (κ1) is 14.8. The molecule has 1 aliphatic heterocycles. The molecule has 1 aliphatic rings. The zero-order chi connectivity index (χ0) is 13.7. The van der Waals surface area contributed by atoms with Gasteiger partial charge in [-0.2, -0.15) is 0 Å². The van der Waals surface area contributed by atoms with E-state index in [1.165, 1.54) is 5.56 Å². The fourth-order valence-electron chi connectivity index (χ4n) is 2.79. The van der Waals surface area contributed by atoms with Crippen LogP contribution >= 0.6 is 11.6 Å². The third kappa shape index (κ3) is 3.29. The van der Waals surface area contributed by atoms with Crippen LogP contribution in [-0.2, 0) is 9.47 Å². The monoisotopic (exact) mass is 283 g/mol. The number of methoxy groups -OCH3 is 1. The van der Waals surface area contributed by atoms with Gasteiger partial charge in [0.2, 0.25) is 0 Å². The van der Waals surface area contributed by atoms with Crippen molar-refractivity contribution in [1.29, 1.82) is 0 Å². The predicted octanol–water partition coefficient (Wildman–Crippen LogP) is 3.19. The quantitative estimate of drug-likeness (QED) is 0.900. The Kier molecular flexibility index (Phi) is 5.22. The molecular formula is C15H22ClNO2. The molecule has 3 nitrogen and oxygen atoms in total. The molecular weight excluding hydrogens is 262 g/mol. The lowest BCUT2D eigenvalue weighted by Crippen LogP contribution is -2.49. The number of halogens is 1. The molecule has 0 amide bonds. The summed E-state index contributed by atoms with van der Waals surface area (Å²) in [6.45, 7) is 4.53. The molecule has 4 heteroatoms. The molecule has 1 N–H and O–H groups in total. The highest BCUT2D eigenvalue weighted by Gasteiger charge is 2.41. The first-order valence-corrected chi connectivity index (χ1v) is 7.21. The van der Waals surface area contributed by atoms with Crippen LogP contribution in [0.15, 0.2) is 24.3 Å². The minimum absolute atomic E-state index is 0.170. The van der Waals surface area contributed by atoms with Crippen molar-refractivity contribution in [3.63, 3.8) is 0 Å². The van der Waals surface area contributed by atoms with E-state index in [4.69, 9.17) is 21.1 Å². The van der Waals surface area contributed by atoms with Gasteiger partial charge in [-0.15, -0.1) is 0 Å². The van der Waals surface area contributed by atoms with E-state index < -0.39 is 0 Å². The van der Waals surface area contributed by atoms with Gasteiger partial charge in [-0.05, 0) is 24.2 Å². The third-order valence-electron chi connectivity index (χ3n) is 3.88. The van der Waals surface area contributed by atoms with Crippen molar-refractivity contribution in [2.75, 3.05) is 26.9 Å². The molecule has 0 bridgehead atoms. The second-order valence-electron chi connectivity index (χ2n) is 4.92. The van der Waals surface area contributed by atoms with Crippen LogP contribution in [0.5, 0.6) is 0 Å². The summed E-state index contributed by atoms with van der Waals surface area (Å²) in [6, 6.07) is 8.19. The molecule has 1 unspecified atom stereocenters. The zero-order valence-electron chi connectivity index (χ0n) is 11.6. The summed E-state index contributed by atoms with van der Waals surface area (Å²) in [6.07, 6.45) is 1.81. The molecule has 1 fully saturated rings. The van der Waals surface area contributed by atoms with E-state index in [2.05, 4.69) is 24.4 Å². The smallest absolute Gasteiger partial charge is 0.0916 e. The van der Waals surface area contributed by atoms with Crippen LogP contribution in [0, 0.1) is 0 Å². The Bertz CT molecular complexity index is 388. The lowest BCUT2D eigenvalue weighted by atomic mass is 9.82. The summed E-state index contributed by atoms with van der Waals surface area (Å²) in [4.78, 5) is 0. The molecule has 19 heavy (non-hydrogen) atoms. The van der Waals surface area contributed by atoms with Gasteiger partial charge in [0.15, 0.2) is 0 Å². The maximum atomic E-state index is 5.98. The van der Waals surface area contributed by atoms with E-state index in [1.54, 1.807) is 7.11 Å². The molecule has 0 saturated carbocycles. The highest BCUT2D eigenvalue weighted by atomic mass is 35.5. The Morgan fingerprint density at radius 3 is 2.47 bits per heavy atom. The van der Waals surface area contributed by atoms with E-state index in [-0.39, 0.29) is 11.6 Å². The normalized spacial score (nSPS) is 20.2. The summed E-state index contributed by atoms with van der Waals surface area (Å²) in [5.74, 6) is 0. The molecule has 1 atom stereocenters. The van der Waals surface area contributed by atoms with Gasteiger partial charge in [-0.25, -0.2) is 0 Å². The van der Waals surface area contributed by atoms with E-state index in [0.29, 0.717) is 0 Å². The van der Waals surface area contributed by atoms with Crippen molar-refractivity contribution >= 4 is 11.6 Å². The van der Waals surface area contributed by atoms with Gasteiger partial charge in [-0.3, -0.25) is 0 Å². The summed E-state index contributed by atoms with van der Waals surface area (Å²) in [5.41, 5.74) is 1.03. The van der Waals surface area contributed by atoms with Crippen molar-refractivity contribution < 1.29 is 9.47 Å². The fourth-order valence-corrected chi connectivity index (χ4v) is 2.92. The molecule has 0 aliphatic carbocycles. The van der Waals surface area contributed by atoms with Crippen LogP contribution in [0.25, 0.3) is 0 Å². The third-order valence-corrected chi connectivity index (χ3v) is 4.14. The van der Waals surface area contributed by atoms with Crippen molar-refractivity contribution in [2.24, 2.45) is 0 Å². The highest BCUT2D eigenvalue weighted by Crippen LogP contribution is 2.37. The lowest BCUT2D eigenvalue weighted by molar-refractivity contribution is -0.111. The minimum Gasteiger partial charge on any atom is -0.381 e. The first-order chi connectivity index (χ1) is 9.22. The molecule has 106 valence electrons. The molecule has 0 radical (unpaired) electrons. The Morgan fingerprint density at radius 1 is 1.32 bits per heavy atom. The van der Waals surface area contributed by atoms with Gasteiger partial charge >= 0.3 is 0 Å². The first-order valence-electron chi connectivity index (χ1n) is 6.83. The van der Waals surface area contributed by atoms with Crippen LogP contribution in [0.2, 0.25) is 5.02 Å². The predicted molar refractivity (Wildman–Crippen MR) is 77.7 cm³/mol. The summed E-state index contributed by atoms with van der Waals surface area (Å²) < 4.78 is 11.4. The number of nitrogens with one attached hydrogen (secondary N) is 1. The van der Waals surface area contributed by atoms with Gasteiger partial charge in [0.05, 0.1) is 11.6 Å². The van der Waals surface area contributed by atoms with Crippen LogP contribution in [0.1, 0.15) is 31.4 Å². The van der Waals surface area contributed by atoms with Gasteiger partial charge in [-0.1, -0.05) is 30.7 Å². The van der Waals surface area contributed by atoms with Crippen molar-refractivity contribution in [1.82, 2.24) is 5.32 Å². The van der Waals surface area contributed by atoms with Crippen molar-refractivity contribution in [2.45, 2.75) is 31.4 Å². The second kappa shape index (κ2) is 6.71. The SMILES string of the molecule is CCNC(c1ccc(Cl)cc1)C1(OC)CCOCC1.